The summed E-state index contributed by atoms with van der Waals surface area (Å²) in [6, 6.07) is 12.3. The number of halogens is 1. The summed E-state index contributed by atoms with van der Waals surface area (Å²) >= 11 is 6.94. The molecule has 0 heterocycles. The number of rotatable bonds is 7. The topological polar surface area (TPSA) is 122 Å². The number of nitriles is 1. The average molecular weight is 406 g/mol. The maximum Gasteiger partial charge on any atom is 0.338 e. The van der Waals surface area contributed by atoms with Crippen molar-refractivity contribution in [1.82, 2.24) is 0 Å². The molecule has 2 rings (SSSR count). The number of hydrogen-bond donors (Lipinski definition) is 1. The molecule has 0 bridgehead atoms. The molecule has 0 aliphatic rings. The number of nitro groups is 1. The number of ether oxygens (including phenoxy) is 1. The zero-order valence-corrected chi connectivity index (χ0v) is 15.2. The maximum absolute atomic E-state index is 12.0. The van der Waals surface area contributed by atoms with E-state index in [0.29, 0.717) is 10.6 Å². The van der Waals surface area contributed by atoms with Gasteiger partial charge in [0.1, 0.15) is 5.02 Å². The van der Waals surface area contributed by atoms with E-state index in [-0.39, 0.29) is 16.3 Å². The van der Waals surface area contributed by atoms with E-state index in [0.717, 1.165) is 6.07 Å². The van der Waals surface area contributed by atoms with Crippen molar-refractivity contribution < 1.29 is 19.2 Å². The monoisotopic (exact) mass is 405 g/mol. The smallest absolute Gasteiger partial charge is 0.338 e. The number of nitrogens with one attached hydrogen (secondary N) is 1. The van der Waals surface area contributed by atoms with E-state index in [1.807, 2.05) is 6.07 Å². The molecule has 2 aromatic rings. The van der Waals surface area contributed by atoms with Gasteiger partial charge in [-0.3, -0.25) is 14.9 Å². The molecule has 138 valence electrons. The number of hydrogen-bond acceptors (Lipinski definition) is 7. The van der Waals surface area contributed by atoms with Crippen LogP contribution in [-0.4, -0.2) is 29.2 Å². The highest BCUT2D eigenvalue weighted by atomic mass is 35.5. The van der Waals surface area contributed by atoms with Gasteiger partial charge in [-0.25, -0.2) is 4.79 Å². The van der Waals surface area contributed by atoms with E-state index in [4.69, 9.17) is 21.6 Å². The van der Waals surface area contributed by atoms with Gasteiger partial charge >= 0.3 is 5.97 Å². The van der Waals surface area contributed by atoms with Crippen LogP contribution in [0.2, 0.25) is 5.02 Å². The lowest BCUT2D eigenvalue weighted by Gasteiger charge is -2.10. The fourth-order valence-electron chi connectivity index (χ4n) is 1.99. The van der Waals surface area contributed by atoms with E-state index in [2.05, 4.69) is 5.32 Å². The lowest BCUT2D eigenvalue weighted by molar-refractivity contribution is -0.384. The summed E-state index contributed by atoms with van der Waals surface area (Å²) in [6.45, 7) is -0.577. The SMILES string of the molecule is N#CCSc1ccccc1NC(=O)COC(=O)c1ccc(Cl)c([N+](=O)[O-])c1. The van der Waals surface area contributed by atoms with Crippen LogP contribution in [0.15, 0.2) is 47.4 Å². The molecule has 0 aromatic heterocycles. The van der Waals surface area contributed by atoms with E-state index in [9.17, 15) is 19.7 Å². The van der Waals surface area contributed by atoms with Crippen LogP contribution in [0.1, 0.15) is 10.4 Å². The third-order valence-corrected chi connectivity index (χ3v) is 4.43. The van der Waals surface area contributed by atoms with Crippen molar-refractivity contribution in [2.75, 3.05) is 17.7 Å². The quantitative estimate of drug-likeness (QED) is 0.322. The first-order valence-corrected chi connectivity index (χ1v) is 8.78. The number of benzene rings is 2. The Hall–Kier alpha value is -3.09. The Balaban J connectivity index is 1.98. The second-order valence-electron chi connectivity index (χ2n) is 4.99. The predicted molar refractivity (Wildman–Crippen MR) is 99.8 cm³/mol. The van der Waals surface area contributed by atoms with Gasteiger partial charge in [-0.2, -0.15) is 5.26 Å². The number of nitro benzene ring substituents is 1. The summed E-state index contributed by atoms with van der Waals surface area (Å²) in [7, 11) is 0. The van der Waals surface area contributed by atoms with Crippen LogP contribution < -0.4 is 5.32 Å². The summed E-state index contributed by atoms with van der Waals surface area (Å²) in [5.41, 5.74) is -0.0381. The number of carbonyl (C=O) groups is 2. The van der Waals surface area contributed by atoms with Crippen molar-refractivity contribution in [2.45, 2.75) is 4.90 Å². The van der Waals surface area contributed by atoms with E-state index >= 15 is 0 Å². The molecular formula is C17H12ClN3O5S. The number of amides is 1. The number of thioether (sulfide) groups is 1. The minimum atomic E-state index is -0.892. The first-order valence-electron chi connectivity index (χ1n) is 7.42. The van der Waals surface area contributed by atoms with Gasteiger partial charge in [-0.15, -0.1) is 11.8 Å². The molecular weight excluding hydrogens is 394 g/mol. The highest BCUT2D eigenvalue weighted by molar-refractivity contribution is 7.99. The third-order valence-electron chi connectivity index (χ3n) is 3.17. The molecule has 0 saturated carbocycles. The fourth-order valence-corrected chi connectivity index (χ4v) is 2.84. The van der Waals surface area contributed by atoms with Gasteiger partial charge < -0.3 is 10.1 Å². The Morgan fingerprint density at radius 1 is 1.30 bits per heavy atom. The lowest BCUT2D eigenvalue weighted by Crippen LogP contribution is -2.21. The molecule has 0 radical (unpaired) electrons. The second kappa shape index (κ2) is 9.56. The Morgan fingerprint density at radius 3 is 2.74 bits per heavy atom. The molecule has 0 aliphatic heterocycles. The third kappa shape index (κ3) is 5.70. The normalized spacial score (nSPS) is 9.93. The van der Waals surface area contributed by atoms with Crippen LogP contribution in [0.25, 0.3) is 0 Å². The molecule has 0 atom stereocenters. The van der Waals surface area contributed by atoms with Gasteiger partial charge in [0.25, 0.3) is 11.6 Å². The average Bonchev–Trinajstić information content (AvgIpc) is 2.65. The molecule has 8 nitrogen and oxygen atoms in total. The summed E-state index contributed by atoms with van der Waals surface area (Å²) < 4.78 is 4.88. The lowest BCUT2D eigenvalue weighted by atomic mass is 10.2. The van der Waals surface area contributed by atoms with Gasteiger partial charge in [-0.1, -0.05) is 23.7 Å². The van der Waals surface area contributed by atoms with Crippen molar-refractivity contribution in [3.8, 4) is 6.07 Å². The van der Waals surface area contributed by atoms with Gasteiger partial charge in [0.2, 0.25) is 0 Å². The molecule has 0 fully saturated rings. The van der Waals surface area contributed by atoms with Crippen molar-refractivity contribution >= 4 is 46.6 Å². The molecule has 1 amide bonds. The summed E-state index contributed by atoms with van der Waals surface area (Å²) in [5.74, 6) is -1.26. The molecule has 0 saturated heterocycles. The molecule has 0 spiro atoms. The minimum absolute atomic E-state index is 0.0936. The Labute approximate surface area is 163 Å². The first kappa shape index (κ1) is 20.2. The van der Waals surface area contributed by atoms with Crippen LogP contribution in [0, 0.1) is 21.4 Å². The highest BCUT2D eigenvalue weighted by Crippen LogP contribution is 2.27. The molecule has 10 heteroatoms. The molecule has 0 aliphatic carbocycles. The summed E-state index contributed by atoms with van der Waals surface area (Å²) in [6.07, 6.45) is 0. The molecule has 27 heavy (non-hydrogen) atoms. The summed E-state index contributed by atoms with van der Waals surface area (Å²) in [5, 5.41) is 22.0. The van der Waals surface area contributed by atoms with Gasteiger partial charge in [0.15, 0.2) is 6.61 Å². The predicted octanol–water partition coefficient (Wildman–Crippen LogP) is 3.66. The molecule has 1 N–H and O–H groups in total. The van der Waals surface area contributed by atoms with Gasteiger partial charge in [0, 0.05) is 11.0 Å². The largest absolute Gasteiger partial charge is 0.452 e. The van der Waals surface area contributed by atoms with Crippen LogP contribution in [0.3, 0.4) is 0 Å². The minimum Gasteiger partial charge on any atom is -0.452 e. The fraction of sp³-hybridized carbons (Fsp3) is 0.118. The highest BCUT2D eigenvalue weighted by Gasteiger charge is 2.18. The van der Waals surface area contributed by atoms with Crippen molar-refractivity contribution in [1.29, 1.82) is 5.26 Å². The number of anilines is 1. The number of carbonyl (C=O) groups excluding carboxylic acids is 2. The van der Waals surface area contributed by atoms with Gasteiger partial charge in [-0.05, 0) is 24.3 Å². The van der Waals surface area contributed by atoms with Crippen molar-refractivity contribution in [2.24, 2.45) is 0 Å². The van der Waals surface area contributed by atoms with E-state index in [1.165, 1.54) is 23.9 Å². The Kier molecular flexibility index (Phi) is 7.16. The van der Waals surface area contributed by atoms with Crippen LogP contribution in [0.4, 0.5) is 11.4 Å². The standard InChI is InChI=1S/C17H12ClN3O5S/c18-12-6-5-11(9-14(12)21(24)25)17(23)26-10-16(22)20-13-3-1-2-4-15(13)27-8-7-19/h1-6,9H,8,10H2,(H,20,22). The Bertz CT molecular complexity index is 929. The number of para-hydroxylation sites is 1. The van der Waals surface area contributed by atoms with Gasteiger partial charge in [0.05, 0.1) is 28.0 Å². The zero-order valence-electron chi connectivity index (χ0n) is 13.7. The van der Waals surface area contributed by atoms with Crippen molar-refractivity contribution in [3.63, 3.8) is 0 Å². The molecule has 0 unspecified atom stereocenters. The zero-order chi connectivity index (χ0) is 19.8. The van der Waals surface area contributed by atoms with Crippen LogP contribution in [0.5, 0.6) is 0 Å². The summed E-state index contributed by atoms with van der Waals surface area (Å²) in [4.78, 5) is 34.8. The second-order valence-corrected chi connectivity index (χ2v) is 6.41. The van der Waals surface area contributed by atoms with Crippen molar-refractivity contribution in [3.05, 3.63) is 63.2 Å². The van der Waals surface area contributed by atoms with E-state index < -0.39 is 29.1 Å². The number of nitrogens with zero attached hydrogens (tertiary/aromatic N) is 2. The molecule has 2 aromatic carbocycles. The first-order chi connectivity index (χ1) is 12.9. The van der Waals surface area contributed by atoms with Crippen LogP contribution >= 0.6 is 23.4 Å². The number of esters is 1. The maximum atomic E-state index is 12.0. The Morgan fingerprint density at radius 2 is 2.04 bits per heavy atom. The van der Waals surface area contributed by atoms with E-state index in [1.54, 1.807) is 24.3 Å². The van der Waals surface area contributed by atoms with Crippen LogP contribution in [-0.2, 0) is 9.53 Å².